The van der Waals surface area contributed by atoms with Gasteiger partial charge in [-0.05, 0) is 47.9 Å². The zero-order chi connectivity index (χ0) is 25.6. The average molecular weight is 500 g/mol. The van der Waals surface area contributed by atoms with Crippen molar-refractivity contribution < 1.29 is 31.5 Å². The monoisotopic (exact) mass is 499 g/mol. The van der Waals surface area contributed by atoms with E-state index in [1.165, 1.54) is 12.1 Å². The third-order valence-electron chi connectivity index (χ3n) is 5.19. The summed E-state index contributed by atoms with van der Waals surface area (Å²) in [4.78, 5) is 12.5. The minimum absolute atomic E-state index is 0.199. The number of hydrogen-bond acceptors (Lipinski definition) is 6. The van der Waals surface area contributed by atoms with Crippen LogP contribution in [0.25, 0.3) is 0 Å². The van der Waals surface area contributed by atoms with Gasteiger partial charge in [0, 0.05) is 5.56 Å². The zero-order valence-corrected chi connectivity index (χ0v) is 19.8. The Bertz CT molecular complexity index is 1320. The highest BCUT2D eigenvalue weighted by Gasteiger charge is 2.32. The van der Waals surface area contributed by atoms with E-state index in [1.54, 1.807) is 50.2 Å². The Morgan fingerprint density at radius 2 is 1.51 bits per heavy atom. The molecule has 0 N–H and O–H groups in total. The van der Waals surface area contributed by atoms with Crippen LogP contribution in [0.5, 0.6) is 11.5 Å². The highest BCUT2D eigenvalue weighted by atomic mass is 32.2. The Morgan fingerprint density at radius 3 is 2.14 bits per heavy atom. The lowest BCUT2D eigenvalue weighted by Gasteiger charge is -2.22. The molecule has 0 aliphatic heterocycles. The van der Waals surface area contributed by atoms with Crippen molar-refractivity contribution in [2.75, 3.05) is 0 Å². The number of carbonyl (C=O) groups excluding carboxylic acids is 1. The first-order chi connectivity index (χ1) is 16.6. The molecule has 182 valence electrons. The van der Waals surface area contributed by atoms with Crippen LogP contribution in [0.3, 0.4) is 0 Å². The molecule has 0 heterocycles. The van der Waals surface area contributed by atoms with Crippen molar-refractivity contribution in [3.05, 3.63) is 90.0 Å². The Balaban J connectivity index is 1.85. The molecule has 0 spiro atoms. The van der Waals surface area contributed by atoms with Crippen molar-refractivity contribution in [2.24, 2.45) is 5.92 Å². The number of sulfone groups is 1. The van der Waals surface area contributed by atoms with Crippen LogP contribution in [0.15, 0.2) is 83.8 Å². The van der Waals surface area contributed by atoms with Gasteiger partial charge in [-0.3, -0.25) is 4.79 Å². The summed E-state index contributed by atoms with van der Waals surface area (Å²) < 4.78 is 61.0. The van der Waals surface area contributed by atoms with Gasteiger partial charge in [0.15, 0.2) is 0 Å². The molecule has 0 saturated carbocycles. The molecule has 3 aromatic rings. The zero-order valence-electron chi connectivity index (χ0n) is 19.0. The van der Waals surface area contributed by atoms with E-state index in [2.05, 4.69) is 0 Å². The molecule has 0 fully saturated rings. The minimum Gasteiger partial charge on any atom is -0.457 e. The summed E-state index contributed by atoms with van der Waals surface area (Å²) in [6.45, 7) is 3.41. The molecule has 0 aliphatic rings. The number of nitrogens with zero attached hydrogens (tertiary/aromatic N) is 1. The molecule has 0 radical (unpaired) electrons. The van der Waals surface area contributed by atoms with Crippen molar-refractivity contribution in [3.63, 3.8) is 0 Å². The summed E-state index contributed by atoms with van der Waals surface area (Å²) in [5.41, 5.74) is 0.579. The molecule has 0 amide bonds. The molecular weight excluding hydrogens is 476 g/mol. The molecule has 3 rings (SSSR count). The van der Waals surface area contributed by atoms with E-state index < -0.39 is 38.5 Å². The third kappa shape index (κ3) is 6.22. The fraction of sp³-hybridized carbons (Fsp3) is 0.231. The van der Waals surface area contributed by atoms with Crippen molar-refractivity contribution >= 4 is 15.8 Å². The van der Waals surface area contributed by atoms with Gasteiger partial charge in [-0.2, -0.15) is 14.0 Å². The van der Waals surface area contributed by atoms with Gasteiger partial charge >= 0.3 is 11.7 Å². The maximum absolute atomic E-state index is 13.1. The van der Waals surface area contributed by atoms with Crippen LogP contribution in [0.2, 0.25) is 0 Å². The first-order valence-corrected chi connectivity index (χ1v) is 12.2. The van der Waals surface area contributed by atoms with E-state index in [0.29, 0.717) is 17.1 Å². The quantitative estimate of drug-likeness (QED) is 0.334. The fourth-order valence-electron chi connectivity index (χ4n) is 3.51. The Labute approximate surface area is 202 Å². The van der Waals surface area contributed by atoms with Crippen LogP contribution in [0.1, 0.15) is 37.0 Å². The molecule has 2 atom stereocenters. The lowest BCUT2D eigenvalue weighted by Crippen LogP contribution is -2.23. The minimum atomic E-state index is -4.84. The molecule has 6 nitrogen and oxygen atoms in total. The Kier molecular flexibility index (Phi) is 8.20. The standard InChI is InChI=1S/C26H23F2NO5S/c1-17(2)24(19-9-7-13-22(15-19)35(31,32)26(27)28)25(30)34-23(16-29)18-8-6-12-21(14-18)33-20-10-4-3-5-11-20/h3-15,17,23-24,26H,1-2H3. The van der Waals surface area contributed by atoms with Crippen LogP contribution in [-0.4, -0.2) is 20.1 Å². The number of ether oxygens (including phenoxy) is 2. The van der Waals surface area contributed by atoms with E-state index in [1.807, 2.05) is 24.3 Å². The first kappa shape index (κ1) is 25.8. The third-order valence-corrected chi connectivity index (χ3v) is 6.57. The number of alkyl halides is 2. The highest BCUT2D eigenvalue weighted by Crippen LogP contribution is 2.32. The maximum atomic E-state index is 13.1. The molecular formula is C26H23F2NO5S. The van der Waals surface area contributed by atoms with Gasteiger partial charge in [-0.25, -0.2) is 8.42 Å². The second-order valence-corrected chi connectivity index (χ2v) is 9.95. The van der Waals surface area contributed by atoms with Gasteiger partial charge in [0.2, 0.25) is 15.9 Å². The average Bonchev–Trinajstić information content (AvgIpc) is 2.83. The van der Waals surface area contributed by atoms with Crippen LogP contribution in [0, 0.1) is 17.2 Å². The lowest BCUT2D eigenvalue weighted by molar-refractivity contribution is -0.150. The molecule has 0 aliphatic carbocycles. The fourth-order valence-corrected chi connectivity index (χ4v) is 4.28. The first-order valence-electron chi connectivity index (χ1n) is 10.7. The van der Waals surface area contributed by atoms with E-state index in [9.17, 15) is 27.3 Å². The second-order valence-electron chi connectivity index (χ2n) is 8.03. The van der Waals surface area contributed by atoms with E-state index >= 15 is 0 Å². The largest absolute Gasteiger partial charge is 0.457 e. The molecule has 9 heteroatoms. The van der Waals surface area contributed by atoms with Crippen molar-refractivity contribution in [3.8, 4) is 17.6 Å². The summed E-state index contributed by atoms with van der Waals surface area (Å²) in [5, 5.41) is 9.68. The number of para-hydroxylation sites is 1. The summed E-state index contributed by atoms with van der Waals surface area (Å²) in [6.07, 6.45) is -1.27. The van der Waals surface area contributed by atoms with Gasteiger partial charge in [-0.15, -0.1) is 0 Å². The van der Waals surface area contributed by atoms with Gasteiger partial charge in [0.1, 0.15) is 17.6 Å². The number of carbonyl (C=O) groups is 1. The molecule has 0 saturated heterocycles. The number of hydrogen-bond donors (Lipinski definition) is 0. The summed E-state index contributed by atoms with van der Waals surface area (Å²) in [5.74, 6) is -4.70. The summed E-state index contributed by atoms with van der Waals surface area (Å²) in [6, 6.07) is 22.3. The van der Waals surface area contributed by atoms with Crippen LogP contribution in [0.4, 0.5) is 8.78 Å². The molecule has 2 unspecified atom stereocenters. The lowest BCUT2D eigenvalue weighted by atomic mass is 9.88. The van der Waals surface area contributed by atoms with Crippen LogP contribution >= 0.6 is 0 Å². The van der Waals surface area contributed by atoms with Gasteiger partial charge in [-0.1, -0.05) is 56.3 Å². The summed E-state index contributed by atoms with van der Waals surface area (Å²) in [7, 11) is -4.84. The normalized spacial score (nSPS) is 13.2. The number of esters is 1. The number of rotatable bonds is 9. The van der Waals surface area contributed by atoms with Crippen molar-refractivity contribution in [2.45, 2.75) is 36.5 Å². The van der Waals surface area contributed by atoms with Crippen LogP contribution in [-0.2, 0) is 19.4 Å². The second kappa shape index (κ2) is 11.1. The number of benzene rings is 3. The number of halogens is 2. The smallest absolute Gasteiger partial charge is 0.341 e. The van der Waals surface area contributed by atoms with E-state index in [4.69, 9.17) is 9.47 Å². The van der Waals surface area contributed by atoms with Gasteiger partial charge in [0.25, 0.3) is 0 Å². The van der Waals surface area contributed by atoms with Crippen molar-refractivity contribution in [1.82, 2.24) is 0 Å². The maximum Gasteiger partial charge on any atom is 0.341 e. The molecule has 3 aromatic carbocycles. The van der Waals surface area contributed by atoms with Crippen molar-refractivity contribution in [1.29, 1.82) is 5.26 Å². The van der Waals surface area contributed by atoms with Gasteiger partial charge in [0.05, 0.1) is 10.8 Å². The Morgan fingerprint density at radius 1 is 0.886 bits per heavy atom. The molecule has 0 bridgehead atoms. The predicted molar refractivity (Wildman–Crippen MR) is 125 cm³/mol. The van der Waals surface area contributed by atoms with E-state index in [-0.39, 0.29) is 11.5 Å². The SMILES string of the molecule is CC(C)C(C(=O)OC(C#N)c1cccc(Oc2ccccc2)c1)c1cccc(S(=O)(=O)C(F)F)c1. The topological polar surface area (TPSA) is 93.5 Å². The molecule has 35 heavy (non-hydrogen) atoms. The molecule has 0 aromatic heterocycles. The van der Waals surface area contributed by atoms with Gasteiger partial charge < -0.3 is 9.47 Å². The number of nitriles is 1. The summed E-state index contributed by atoms with van der Waals surface area (Å²) >= 11 is 0. The predicted octanol–water partition coefficient (Wildman–Crippen LogP) is 6.02. The van der Waals surface area contributed by atoms with Crippen LogP contribution < -0.4 is 4.74 Å². The highest BCUT2D eigenvalue weighted by molar-refractivity contribution is 7.91. The Hall–Kier alpha value is -3.77. The van der Waals surface area contributed by atoms with E-state index in [0.717, 1.165) is 12.1 Å².